The normalized spacial score (nSPS) is 14.9. The zero-order valence-corrected chi connectivity index (χ0v) is 19.3. The van der Waals surface area contributed by atoms with Crippen molar-refractivity contribution in [3.8, 4) is 0 Å². The van der Waals surface area contributed by atoms with Crippen molar-refractivity contribution in [2.75, 3.05) is 31.5 Å². The highest BCUT2D eigenvalue weighted by Gasteiger charge is 2.31. The number of hydrogen-bond acceptors (Lipinski definition) is 4. The molecule has 0 unspecified atom stereocenters. The number of nitrogens with zero attached hydrogens (tertiary/aromatic N) is 2. The largest absolute Gasteiger partial charge is 0.340 e. The minimum Gasteiger partial charge on any atom is -0.340 e. The third-order valence-corrected chi connectivity index (χ3v) is 7.61. The standard InChI is InChI=1S/C23H28FN3O4S/c1-16-4-5-18(3)21(14-16)32(30,31)27-12-10-26(11-13-27)23(29)9-8-22(28)25-19-7-6-17(2)20(24)15-19/h4-7,14-15H,8-13H2,1-3H3,(H,25,28). The summed E-state index contributed by atoms with van der Waals surface area (Å²) >= 11 is 0. The number of carbonyl (C=O) groups excluding carboxylic acids is 2. The molecule has 172 valence electrons. The van der Waals surface area contributed by atoms with Gasteiger partial charge in [0.1, 0.15) is 5.82 Å². The van der Waals surface area contributed by atoms with E-state index in [2.05, 4.69) is 5.32 Å². The van der Waals surface area contributed by atoms with Gasteiger partial charge in [0.15, 0.2) is 0 Å². The summed E-state index contributed by atoms with van der Waals surface area (Å²) < 4.78 is 41.0. The number of benzene rings is 2. The van der Waals surface area contributed by atoms with Crippen LogP contribution in [0.4, 0.5) is 10.1 Å². The Kier molecular flexibility index (Phi) is 7.30. The lowest BCUT2D eigenvalue weighted by atomic mass is 10.2. The molecule has 1 fully saturated rings. The van der Waals surface area contributed by atoms with Gasteiger partial charge >= 0.3 is 0 Å². The average molecular weight is 462 g/mol. The number of piperazine rings is 1. The number of anilines is 1. The molecule has 0 radical (unpaired) electrons. The summed E-state index contributed by atoms with van der Waals surface area (Å²) in [4.78, 5) is 26.5. The maximum absolute atomic E-state index is 13.6. The minimum atomic E-state index is -3.63. The van der Waals surface area contributed by atoms with Gasteiger partial charge in [0.2, 0.25) is 21.8 Å². The van der Waals surface area contributed by atoms with E-state index in [-0.39, 0.29) is 50.8 Å². The molecule has 1 heterocycles. The molecule has 0 spiro atoms. The number of amides is 2. The lowest BCUT2D eigenvalue weighted by molar-refractivity contribution is -0.133. The molecule has 2 aromatic rings. The average Bonchev–Trinajstić information content (AvgIpc) is 2.76. The molecule has 0 aliphatic carbocycles. The first-order chi connectivity index (χ1) is 15.1. The van der Waals surface area contributed by atoms with Gasteiger partial charge in [-0.15, -0.1) is 0 Å². The molecule has 1 aliphatic heterocycles. The van der Waals surface area contributed by atoms with Crippen LogP contribution in [-0.4, -0.2) is 55.6 Å². The summed E-state index contributed by atoms with van der Waals surface area (Å²) in [5, 5.41) is 2.59. The second-order valence-electron chi connectivity index (χ2n) is 8.07. The fourth-order valence-electron chi connectivity index (χ4n) is 3.57. The van der Waals surface area contributed by atoms with Crippen molar-refractivity contribution >= 4 is 27.5 Å². The predicted molar refractivity (Wildman–Crippen MR) is 120 cm³/mol. The van der Waals surface area contributed by atoms with Crippen molar-refractivity contribution in [2.45, 2.75) is 38.5 Å². The molecule has 9 heteroatoms. The Bertz CT molecular complexity index is 1130. The van der Waals surface area contributed by atoms with E-state index in [0.717, 1.165) is 5.56 Å². The molecule has 0 saturated carbocycles. The Morgan fingerprint density at radius 1 is 0.938 bits per heavy atom. The predicted octanol–water partition coefficient (Wildman–Crippen LogP) is 3.00. The van der Waals surface area contributed by atoms with E-state index in [1.165, 1.54) is 10.4 Å². The molecule has 32 heavy (non-hydrogen) atoms. The van der Waals surface area contributed by atoms with Crippen LogP contribution in [0.5, 0.6) is 0 Å². The minimum absolute atomic E-state index is 0.00388. The van der Waals surface area contributed by atoms with Crippen LogP contribution in [0, 0.1) is 26.6 Å². The quantitative estimate of drug-likeness (QED) is 0.717. The summed E-state index contributed by atoms with van der Waals surface area (Å²) in [6.07, 6.45) is -0.0285. The zero-order valence-electron chi connectivity index (χ0n) is 18.5. The lowest BCUT2D eigenvalue weighted by Gasteiger charge is -2.34. The van der Waals surface area contributed by atoms with Crippen molar-refractivity contribution in [2.24, 2.45) is 0 Å². The van der Waals surface area contributed by atoms with Crippen LogP contribution in [-0.2, 0) is 19.6 Å². The van der Waals surface area contributed by atoms with E-state index in [9.17, 15) is 22.4 Å². The highest BCUT2D eigenvalue weighted by molar-refractivity contribution is 7.89. The second kappa shape index (κ2) is 9.79. The molecule has 2 aromatic carbocycles. The lowest BCUT2D eigenvalue weighted by Crippen LogP contribution is -2.50. The number of rotatable bonds is 6. The van der Waals surface area contributed by atoms with Gasteiger partial charge in [-0.3, -0.25) is 9.59 Å². The van der Waals surface area contributed by atoms with Crippen LogP contribution >= 0.6 is 0 Å². The SMILES string of the molecule is Cc1ccc(C)c(S(=O)(=O)N2CCN(C(=O)CCC(=O)Nc3ccc(C)c(F)c3)CC2)c1. The fourth-order valence-corrected chi connectivity index (χ4v) is 5.31. The van der Waals surface area contributed by atoms with Gasteiger partial charge in [0.25, 0.3) is 0 Å². The van der Waals surface area contributed by atoms with Crippen molar-refractivity contribution < 1.29 is 22.4 Å². The number of carbonyl (C=O) groups is 2. The second-order valence-corrected chi connectivity index (χ2v) is 9.97. The first-order valence-corrected chi connectivity index (χ1v) is 11.9. The molecular formula is C23H28FN3O4S. The topological polar surface area (TPSA) is 86.8 Å². The van der Waals surface area contributed by atoms with Gasteiger partial charge in [0, 0.05) is 44.7 Å². The summed E-state index contributed by atoms with van der Waals surface area (Å²) in [7, 11) is -3.63. The van der Waals surface area contributed by atoms with Crippen molar-refractivity contribution in [3.05, 3.63) is 58.9 Å². The molecule has 3 rings (SSSR count). The molecule has 2 amide bonds. The Balaban J connectivity index is 1.51. The molecule has 1 aliphatic rings. The Morgan fingerprint density at radius 3 is 2.25 bits per heavy atom. The molecule has 1 N–H and O–H groups in total. The maximum Gasteiger partial charge on any atom is 0.243 e. The first-order valence-electron chi connectivity index (χ1n) is 10.5. The van der Waals surface area contributed by atoms with E-state index in [4.69, 9.17) is 0 Å². The van der Waals surface area contributed by atoms with Crippen LogP contribution in [0.3, 0.4) is 0 Å². The zero-order chi connectivity index (χ0) is 23.5. The highest BCUT2D eigenvalue weighted by Crippen LogP contribution is 2.22. The number of nitrogens with one attached hydrogen (secondary N) is 1. The van der Waals surface area contributed by atoms with Gasteiger partial charge in [0.05, 0.1) is 4.90 Å². The highest BCUT2D eigenvalue weighted by atomic mass is 32.2. The number of hydrogen-bond donors (Lipinski definition) is 1. The van der Waals surface area contributed by atoms with Gasteiger partial charge in [-0.1, -0.05) is 18.2 Å². The fraction of sp³-hybridized carbons (Fsp3) is 0.391. The van der Waals surface area contributed by atoms with Crippen LogP contribution in [0.15, 0.2) is 41.3 Å². The van der Waals surface area contributed by atoms with Crippen molar-refractivity contribution in [1.82, 2.24) is 9.21 Å². The monoisotopic (exact) mass is 461 g/mol. The van der Waals surface area contributed by atoms with Gasteiger partial charge in [-0.05, 0) is 55.7 Å². The van der Waals surface area contributed by atoms with Gasteiger partial charge in [-0.25, -0.2) is 12.8 Å². The molecule has 7 nitrogen and oxygen atoms in total. The third-order valence-electron chi connectivity index (χ3n) is 5.57. The number of aryl methyl sites for hydroxylation is 3. The van der Waals surface area contributed by atoms with E-state index >= 15 is 0 Å². The molecule has 0 atom stereocenters. The van der Waals surface area contributed by atoms with E-state index in [0.29, 0.717) is 21.7 Å². The van der Waals surface area contributed by atoms with Gasteiger partial charge < -0.3 is 10.2 Å². The summed E-state index contributed by atoms with van der Waals surface area (Å²) in [5.74, 6) is -0.996. The van der Waals surface area contributed by atoms with Gasteiger partial charge in [-0.2, -0.15) is 4.31 Å². The van der Waals surface area contributed by atoms with Crippen molar-refractivity contribution in [1.29, 1.82) is 0 Å². The summed E-state index contributed by atoms with van der Waals surface area (Å²) in [5.41, 5.74) is 2.39. The van der Waals surface area contributed by atoms with E-state index in [1.54, 1.807) is 43.0 Å². The molecule has 0 aromatic heterocycles. The Morgan fingerprint density at radius 2 is 1.59 bits per heavy atom. The van der Waals surface area contributed by atoms with Crippen LogP contribution < -0.4 is 5.32 Å². The Hall–Kier alpha value is -2.78. The Labute approximate surface area is 188 Å². The molecular weight excluding hydrogens is 433 g/mol. The third kappa shape index (κ3) is 5.52. The van der Waals surface area contributed by atoms with Crippen molar-refractivity contribution in [3.63, 3.8) is 0 Å². The van der Waals surface area contributed by atoms with E-state index < -0.39 is 15.8 Å². The molecule has 1 saturated heterocycles. The van der Waals surface area contributed by atoms with E-state index in [1.807, 2.05) is 13.0 Å². The first kappa shape index (κ1) is 23.9. The summed E-state index contributed by atoms with van der Waals surface area (Å²) in [6.45, 7) is 6.20. The molecule has 0 bridgehead atoms. The van der Waals surface area contributed by atoms with Crippen LogP contribution in [0.2, 0.25) is 0 Å². The number of halogens is 1. The smallest absolute Gasteiger partial charge is 0.243 e. The summed E-state index contributed by atoms with van der Waals surface area (Å²) in [6, 6.07) is 9.75. The maximum atomic E-state index is 13.6. The number of sulfonamides is 1. The van der Waals surface area contributed by atoms with Crippen LogP contribution in [0.25, 0.3) is 0 Å². The van der Waals surface area contributed by atoms with Crippen LogP contribution in [0.1, 0.15) is 29.5 Å².